The van der Waals surface area contributed by atoms with E-state index in [9.17, 15) is 0 Å². The first-order valence-corrected chi connectivity index (χ1v) is 4.71. The fraction of sp³-hybridized carbons (Fsp3) is 0.500. The van der Waals surface area contributed by atoms with E-state index < -0.39 is 0 Å². The summed E-state index contributed by atoms with van der Waals surface area (Å²) < 4.78 is 10.4. The fourth-order valence-electron chi connectivity index (χ4n) is 1.01. The average molecular weight is 211 g/mol. The summed E-state index contributed by atoms with van der Waals surface area (Å²) in [7, 11) is 5.50. The van der Waals surface area contributed by atoms with Gasteiger partial charge in [-0.25, -0.2) is 0 Å². The van der Waals surface area contributed by atoms with Gasteiger partial charge in [-0.3, -0.25) is 0 Å². The number of nitrogens with two attached hydrogens (primary N) is 1. The Morgan fingerprint density at radius 2 is 2.13 bits per heavy atom. The molecule has 0 unspecified atom stereocenters. The molecule has 1 heterocycles. The van der Waals surface area contributed by atoms with Gasteiger partial charge in [0.25, 0.3) is 0 Å². The number of aromatic nitrogens is 1. The van der Waals surface area contributed by atoms with E-state index in [1.54, 1.807) is 12.1 Å². The highest BCUT2D eigenvalue weighted by atomic mass is 16.5. The van der Waals surface area contributed by atoms with Gasteiger partial charge in [-0.05, 0) is 20.2 Å². The van der Waals surface area contributed by atoms with Crippen LogP contribution in [0.25, 0.3) is 0 Å². The quantitative estimate of drug-likeness (QED) is 0.773. The third-order valence-corrected chi connectivity index (χ3v) is 1.85. The lowest BCUT2D eigenvalue weighted by atomic mass is 10.4. The highest BCUT2D eigenvalue weighted by molar-refractivity contribution is 5.49. The van der Waals surface area contributed by atoms with Crippen molar-refractivity contribution in [2.75, 3.05) is 40.1 Å². The van der Waals surface area contributed by atoms with Gasteiger partial charge in [0.05, 0.1) is 12.8 Å². The summed E-state index contributed by atoms with van der Waals surface area (Å²) in [5, 5.41) is 0. The molecule has 0 aliphatic carbocycles. The Balaban J connectivity index is 2.54. The van der Waals surface area contributed by atoms with Crippen molar-refractivity contribution in [3.05, 3.63) is 12.1 Å². The van der Waals surface area contributed by atoms with Crippen molar-refractivity contribution in [2.45, 2.75) is 0 Å². The second-order valence-electron chi connectivity index (χ2n) is 3.40. The van der Waals surface area contributed by atoms with Gasteiger partial charge in [-0.1, -0.05) is 0 Å². The summed E-state index contributed by atoms with van der Waals surface area (Å²) in [5.41, 5.74) is 6.14. The van der Waals surface area contributed by atoms with Crippen LogP contribution in [0, 0.1) is 0 Å². The maximum atomic E-state index is 5.63. The minimum atomic E-state index is 0.400. The highest BCUT2D eigenvalue weighted by Crippen LogP contribution is 2.21. The van der Waals surface area contributed by atoms with Crippen LogP contribution in [0.2, 0.25) is 0 Å². The molecule has 0 amide bonds. The average Bonchev–Trinajstić information content (AvgIpc) is 2.20. The molecule has 1 rings (SSSR count). The van der Waals surface area contributed by atoms with Crippen LogP contribution in [0.5, 0.6) is 11.8 Å². The van der Waals surface area contributed by atoms with Gasteiger partial charge >= 0.3 is 0 Å². The van der Waals surface area contributed by atoms with Gasteiger partial charge in [0.2, 0.25) is 11.8 Å². The first-order valence-electron chi connectivity index (χ1n) is 4.71. The molecule has 0 bridgehead atoms. The van der Waals surface area contributed by atoms with Crippen molar-refractivity contribution in [3.8, 4) is 11.8 Å². The molecule has 5 heteroatoms. The van der Waals surface area contributed by atoms with E-state index in [1.807, 2.05) is 19.0 Å². The third kappa shape index (κ3) is 3.63. The number of likely N-dealkylation sites (N-methyl/N-ethyl adjacent to an activating group) is 1. The number of hydrogen-bond acceptors (Lipinski definition) is 5. The Morgan fingerprint density at radius 3 is 2.73 bits per heavy atom. The van der Waals surface area contributed by atoms with Crippen LogP contribution in [0.1, 0.15) is 0 Å². The van der Waals surface area contributed by atoms with Crippen LogP contribution < -0.4 is 15.2 Å². The number of ether oxygens (including phenoxy) is 2. The molecule has 0 saturated carbocycles. The van der Waals surface area contributed by atoms with Crippen LogP contribution in [0.4, 0.5) is 5.69 Å². The Hall–Kier alpha value is -1.49. The molecule has 15 heavy (non-hydrogen) atoms. The van der Waals surface area contributed by atoms with E-state index in [0.29, 0.717) is 24.1 Å². The van der Waals surface area contributed by atoms with Gasteiger partial charge in [-0.2, -0.15) is 4.98 Å². The number of anilines is 1. The van der Waals surface area contributed by atoms with Gasteiger partial charge in [-0.15, -0.1) is 0 Å². The van der Waals surface area contributed by atoms with E-state index in [1.165, 1.54) is 7.11 Å². The van der Waals surface area contributed by atoms with Crippen LogP contribution in [0.3, 0.4) is 0 Å². The zero-order chi connectivity index (χ0) is 11.3. The molecule has 0 aliphatic heterocycles. The molecule has 1 aromatic heterocycles. The van der Waals surface area contributed by atoms with Crippen molar-refractivity contribution in [1.82, 2.24) is 9.88 Å². The predicted molar refractivity (Wildman–Crippen MR) is 59.3 cm³/mol. The van der Waals surface area contributed by atoms with Gasteiger partial charge in [0.1, 0.15) is 6.61 Å². The van der Waals surface area contributed by atoms with Crippen molar-refractivity contribution in [2.24, 2.45) is 0 Å². The Kier molecular flexibility index (Phi) is 4.17. The molecule has 0 aromatic carbocycles. The first kappa shape index (κ1) is 11.6. The number of nitrogens with zero attached hydrogens (tertiary/aromatic N) is 2. The normalized spacial score (nSPS) is 10.4. The van der Waals surface area contributed by atoms with Crippen LogP contribution >= 0.6 is 0 Å². The summed E-state index contributed by atoms with van der Waals surface area (Å²) in [6.07, 6.45) is 0. The molecule has 0 spiro atoms. The number of nitrogen functional groups attached to an aromatic ring is 1. The van der Waals surface area contributed by atoms with E-state index >= 15 is 0 Å². The molecule has 84 valence electrons. The second-order valence-corrected chi connectivity index (χ2v) is 3.40. The van der Waals surface area contributed by atoms with Crippen LogP contribution in [-0.4, -0.2) is 44.2 Å². The van der Waals surface area contributed by atoms with Gasteiger partial charge in [0.15, 0.2) is 0 Å². The van der Waals surface area contributed by atoms with Crippen molar-refractivity contribution >= 4 is 5.69 Å². The molecule has 0 atom stereocenters. The van der Waals surface area contributed by atoms with Crippen molar-refractivity contribution in [1.29, 1.82) is 0 Å². The summed E-state index contributed by atoms with van der Waals surface area (Å²) >= 11 is 0. The minimum absolute atomic E-state index is 0.400. The van der Waals surface area contributed by atoms with Gasteiger partial charge in [0, 0.05) is 12.6 Å². The Bertz CT molecular complexity index is 316. The number of methoxy groups -OCH3 is 1. The van der Waals surface area contributed by atoms with Crippen LogP contribution in [-0.2, 0) is 0 Å². The smallest absolute Gasteiger partial charge is 0.240 e. The summed E-state index contributed by atoms with van der Waals surface area (Å²) in [5.74, 6) is 0.931. The predicted octanol–water partition coefficient (Wildman–Crippen LogP) is 0.613. The number of hydrogen-bond donors (Lipinski definition) is 1. The largest absolute Gasteiger partial charge is 0.479 e. The summed E-state index contributed by atoms with van der Waals surface area (Å²) in [6.45, 7) is 1.43. The molecule has 5 nitrogen and oxygen atoms in total. The van der Waals surface area contributed by atoms with Crippen molar-refractivity contribution in [3.63, 3.8) is 0 Å². The Morgan fingerprint density at radius 1 is 1.40 bits per heavy atom. The molecule has 0 fully saturated rings. The molecule has 0 radical (unpaired) electrons. The summed E-state index contributed by atoms with van der Waals surface area (Å²) in [6, 6.07) is 3.45. The van der Waals surface area contributed by atoms with Crippen molar-refractivity contribution < 1.29 is 9.47 Å². The van der Waals surface area contributed by atoms with Gasteiger partial charge < -0.3 is 20.1 Å². The molecule has 0 saturated heterocycles. The second kappa shape index (κ2) is 5.41. The van der Waals surface area contributed by atoms with E-state index in [4.69, 9.17) is 15.2 Å². The zero-order valence-corrected chi connectivity index (χ0v) is 9.36. The number of rotatable bonds is 5. The topological polar surface area (TPSA) is 60.6 Å². The van der Waals surface area contributed by atoms with E-state index in [2.05, 4.69) is 4.98 Å². The monoisotopic (exact) mass is 211 g/mol. The highest BCUT2D eigenvalue weighted by Gasteiger charge is 2.03. The lowest BCUT2D eigenvalue weighted by Crippen LogP contribution is -2.19. The SMILES string of the molecule is COc1nc(OCCN(C)C)ccc1N. The zero-order valence-electron chi connectivity index (χ0n) is 9.36. The summed E-state index contributed by atoms with van der Waals surface area (Å²) in [4.78, 5) is 6.14. The number of pyridine rings is 1. The van der Waals surface area contributed by atoms with E-state index in [0.717, 1.165) is 6.54 Å². The van der Waals surface area contributed by atoms with Crippen LogP contribution in [0.15, 0.2) is 12.1 Å². The fourth-order valence-corrected chi connectivity index (χ4v) is 1.01. The van der Waals surface area contributed by atoms with E-state index in [-0.39, 0.29) is 0 Å². The molecular formula is C10H17N3O2. The molecule has 0 aliphatic rings. The molecule has 1 aromatic rings. The lowest BCUT2D eigenvalue weighted by Gasteiger charge is -2.11. The lowest BCUT2D eigenvalue weighted by molar-refractivity contribution is 0.251. The third-order valence-electron chi connectivity index (χ3n) is 1.85. The standard InChI is InChI=1S/C10H17N3O2/c1-13(2)6-7-15-9-5-4-8(11)10(12-9)14-3/h4-5H,6-7,11H2,1-3H3. The minimum Gasteiger partial charge on any atom is -0.479 e. The maximum absolute atomic E-state index is 5.63. The first-order chi connectivity index (χ1) is 7.13. The Labute approximate surface area is 89.8 Å². The maximum Gasteiger partial charge on any atom is 0.240 e. The molecule has 2 N–H and O–H groups in total. The molecular weight excluding hydrogens is 194 g/mol.